The fourth-order valence-electron chi connectivity index (χ4n) is 1.56. The molecule has 78 valence electrons. The molecule has 0 bridgehead atoms. The van der Waals surface area contributed by atoms with Crippen LogP contribution in [-0.4, -0.2) is 19.0 Å². The molecule has 0 radical (unpaired) electrons. The zero-order chi connectivity index (χ0) is 9.57. The van der Waals surface area contributed by atoms with E-state index in [9.17, 15) is 0 Å². The van der Waals surface area contributed by atoms with E-state index >= 15 is 0 Å². The summed E-state index contributed by atoms with van der Waals surface area (Å²) in [7, 11) is 0. The van der Waals surface area contributed by atoms with E-state index in [0.717, 1.165) is 12.4 Å². The third kappa shape index (κ3) is 4.33. The van der Waals surface area contributed by atoms with Gasteiger partial charge in [0.2, 0.25) is 0 Å². The number of nitrogens with one attached hydrogen (secondary N) is 1. The highest BCUT2D eigenvalue weighted by atomic mass is 35.5. The molecule has 0 unspecified atom stereocenters. The van der Waals surface area contributed by atoms with Gasteiger partial charge in [-0.05, 0) is 31.2 Å². The van der Waals surface area contributed by atoms with Crippen LogP contribution >= 0.6 is 11.6 Å². The Morgan fingerprint density at radius 3 is 2.54 bits per heavy atom. The predicted molar refractivity (Wildman–Crippen MR) is 59.4 cm³/mol. The van der Waals surface area contributed by atoms with E-state index in [1.54, 1.807) is 0 Å². The second kappa shape index (κ2) is 5.87. The summed E-state index contributed by atoms with van der Waals surface area (Å²) in [5.41, 5.74) is 0.492. The van der Waals surface area contributed by atoms with Gasteiger partial charge in [0.1, 0.15) is 0 Å². The third-order valence-electron chi connectivity index (χ3n) is 2.95. The van der Waals surface area contributed by atoms with Gasteiger partial charge >= 0.3 is 0 Å². The Labute approximate surface area is 87.2 Å². The first-order valence-corrected chi connectivity index (χ1v) is 6.13. The van der Waals surface area contributed by atoms with Crippen LogP contribution < -0.4 is 5.32 Å². The molecular weight excluding hydrogens is 182 g/mol. The van der Waals surface area contributed by atoms with Gasteiger partial charge in [-0.25, -0.2) is 0 Å². The van der Waals surface area contributed by atoms with Crippen LogP contribution in [0.3, 0.4) is 0 Å². The maximum atomic E-state index is 5.88. The van der Waals surface area contributed by atoms with Crippen LogP contribution in [0, 0.1) is 5.41 Å². The van der Waals surface area contributed by atoms with Gasteiger partial charge in [0.15, 0.2) is 0 Å². The van der Waals surface area contributed by atoms with Gasteiger partial charge in [-0.1, -0.05) is 26.2 Å². The topological polar surface area (TPSA) is 12.0 Å². The lowest BCUT2D eigenvalue weighted by molar-refractivity contribution is 0.491. The maximum absolute atomic E-state index is 5.88. The highest BCUT2D eigenvalue weighted by Gasteiger charge is 2.40. The van der Waals surface area contributed by atoms with E-state index in [0.29, 0.717) is 5.41 Å². The fourth-order valence-corrected chi connectivity index (χ4v) is 1.93. The first kappa shape index (κ1) is 11.3. The van der Waals surface area contributed by atoms with Gasteiger partial charge in [0.25, 0.3) is 0 Å². The molecule has 0 aromatic heterocycles. The monoisotopic (exact) mass is 203 g/mol. The third-order valence-corrected chi connectivity index (χ3v) is 3.51. The summed E-state index contributed by atoms with van der Waals surface area (Å²) in [6, 6.07) is 0. The smallest absolute Gasteiger partial charge is 0.0292 e. The van der Waals surface area contributed by atoms with Crippen LogP contribution in [0.5, 0.6) is 0 Å². The van der Waals surface area contributed by atoms with Crippen LogP contribution in [-0.2, 0) is 0 Å². The summed E-state index contributed by atoms with van der Waals surface area (Å²) in [5, 5.41) is 3.51. The molecule has 0 aromatic carbocycles. The molecule has 13 heavy (non-hydrogen) atoms. The molecule has 1 saturated carbocycles. The molecule has 1 rings (SSSR count). The predicted octanol–water partition coefficient (Wildman–Crippen LogP) is 3.18. The Morgan fingerprint density at radius 1 is 1.23 bits per heavy atom. The summed E-state index contributed by atoms with van der Waals surface area (Å²) in [6.07, 6.45) is 8.06. The second-order valence-corrected chi connectivity index (χ2v) is 4.64. The van der Waals surface area contributed by atoms with Crippen molar-refractivity contribution in [2.45, 2.75) is 45.4 Å². The minimum absolute atomic E-state index is 0.492. The van der Waals surface area contributed by atoms with Gasteiger partial charge in [0.05, 0.1) is 0 Å². The molecule has 0 heterocycles. The molecule has 1 aliphatic carbocycles. The number of rotatable bonds is 8. The van der Waals surface area contributed by atoms with Crippen molar-refractivity contribution < 1.29 is 0 Å². The minimum atomic E-state index is 0.492. The van der Waals surface area contributed by atoms with Gasteiger partial charge in [-0.3, -0.25) is 0 Å². The van der Waals surface area contributed by atoms with Crippen LogP contribution in [0.2, 0.25) is 0 Å². The number of halogens is 1. The van der Waals surface area contributed by atoms with Crippen molar-refractivity contribution >= 4 is 11.6 Å². The van der Waals surface area contributed by atoms with Gasteiger partial charge in [-0.2, -0.15) is 0 Å². The molecule has 0 atom stereocenters. The Morgan fingerprint density at radius 2 is 2.00 bits per heavy atom. The van der Waals surface area contributed by atoms with Crippen molar-refractivity contribution in [3.63, 3.8) is 0 Å². The molecule has 1 N–H and O–H groups in total. The zero-order valence-corrected chi connectivity index (χ0v) is 9.50. The standard InChI is InChI=1S/C11H22ClN/c1-2-3-4-5-8-13-10-11(9-12)6-7-11/h13H,2-10H2,1H3. The number of alkyl halides is 1. The Bertz CT molecular complexity index is 132. The lowest BCUT2D eigenvalue weighted by atomic mass is 10.1. The van der Waals surface area contributed by atoms with Gasteiger partial charge in [-0.15, -0.1) is 11.6 Å². The molecule has 0 amide bonds. The van der Waals surface area contributed by atoms with E-state index < -0.39 is 0 Å². The van der Waals surface area contributed by atoms with E-state index in [4.69, 9.17) is 11.6 Å². The van der Waals surface area contributed by atoms with Crippen molar-refractivity contribution in [3.05, 3.63) is 0 Å². The molecule has 1 aliphatic rings. The quantitative estimate of drug-likeness (QED) is 0.472. The van der Waals surface area contributed by atoms with Crippen LogP contribution in [0.25, 0.3) is 0 Å². The lowest BCUT2D eigenvalue weighted by Gasteiger charge is -2.11. The molecule has 1 fully saturated rings. The normalized spacial score (nSPS) is 18.9. The van der Waals surface area contributed by atoms with Gasteiger partial charge in [0, 0.05) is 12.4 Å². The van der Waals surface area contributed by atoms with Crippen LogP contribution in [0.1, 0.15) is 45.4 Å². The summed E-state index contributed by atoms with van der Waals surface area (Å²) in [5.74, 6) is 0.842. The molecule has 2 heteroatoms. The van der Waals surface area contributed by atoms with Gasteiger partial charge < -0.3 is 5.32 Å². The molecule has 0 aromatic rings. The van der Waals surface area contributed by atoms with Crippen molar-refractivity contribution in [2.75, 3.05) is 19.0 Å². The highest BCUT2D eigenvalue weighted by Crippen LogP contribution is 2.45. The molecule has 1 nitrogen and oxygen atoms in total. The fraction of sp³-hybridized carbons (Fsp3) is 1.00. The average Bonchev–Trinajstić information content (AvgIpc) is 2.92. The number of unbranched alkanes of at least 4 members (excludes halogenated alkanes) is 3. The highest BCUT2D eigenvalue weighted by molar-refractivity contribution is 6.18. The number of hydrogen-bond donors (Lipinski definition) is 1. The SMILES string of the molecule is CCCCCCNCC1(CCl)CC1. The van der Waals surface area contributed by atoms with E-state index in [2.05, 4.69) is 12.2 Å². The van der Waals surface area contributed by atoms with E-state index in [1.165, 1.54) is 45.1 Å². The number of hydrogen-bond acceptors (Lipinski definition) is 1. The molecular formula is C11H22ClN. The maximum Gasteiger partial charge on any atom is 0.0292 e. The zero-order valence-electron chi connectivity index (χ0n) is 8.74. The van der Waals surface area contributed by atoms with E-state index in [-0.39, 0.29) is 0 Å². The average molecular weight is 204 g/mol. The summed E-state index contributed by atoms with van der Waals surface area (Å²) in [4.78, 5) is 0. The second-order valence-electron chi connectivity index (χ2n) is 4.37. The molecule has 0 aliphatic heterocycles. The van der Waals surface area contributed by atoms with Crippen molar-refractivity contribution in [3.8, 4) is 0 Å². The van der Waals surface area contributed by atoms with Crippen molar-refractivity contribution in [1.29, 1.82) is 0 Å². The summed E-state index contributed by atoms with van der Waals surface area (Å²) < 4.78 is 0. The summed E-state index contributed by atoms with van der Waals surface area (Å²) in [6.45, 7) is 4.57. The largest absolute Gasteiger partial charge is 0.316 e. The Balaban J connectivity index is 1.84. The Kier molecular flexibility index (Phi) is 5.12. The minimum Gasteiger partial charge on any atom is -0.316 e. The van der Waals surface area contributed by atoms with Crippen molar-refractivity contribution in [1.82, 2.24) is 5.32 Å². The van der Waals surface area contributed by atoms with E-state index in [1.807, 2.05) is 0 Å². The first-order valence-electron chi connectivity index (χ1n) is 5.60. The Hall–Kier alpha value is 0.250. The summed E-state index contributed by atoms with van der Waals surface area (Å²) >= 11 is 5.88. The van der Waals surface area contributed by atoms with Crippen LogP contribution in [0.4, 0.5) is 0 Å². The first-order chi connectivity index (χ1) is 6.33. The molecule has 0 spiro atoms. The molecule has 0 saturated heterocycles. The van der Waals surface area contributed by atoms with Crippen LogP contribution in [0.15, 0.2) is 0 Å². The lowest BCUT2D eigenvalue weighted by Crippen LogP contribution is -2.25. The van der Waals surface area contributed by atoms with Crippen molar-refractivity contribution in [2.24, 2.45) is 5.41 Å².